The Labute approximate surface area is 106 Å². The van der Waals surface area contributed by atoms with Gasteiger partial charge in [0.25, 0.3) is 5.91 Å². The number of halogens is 1. The topological polar surface area (TPSA) is 67.2 Å². The Balaban J connectivity index is 2.10. The molecule has 1 amide bonds. The molecule has 5 heteroatoms. The second-order valence-electron chi connectivity index (χ2n) is 4.76. The summed E-state index contributed by atoms with van der Waals surface area (Å²) in [6.45, 7) is 1.98. The van der Waals surface area contributed by atoms with Crippen LogP contribution >= 0.6 is 0 Å². The van der Waals surface area contributed by atoms with Crippen molar-refractivity contribution in [3.05, 3.63) is 29.6 Å². The third kappa shape index (κ3) is 2.46. The summed E-state index contributed by atoms with van der Waals surface area (Å²) in [6.07, 6.45) is 3.51. The van der Waals surface area contributed by atoms with Crippen molar-refractivity contribution in [3.63, 3.8) is 0 Å². The van der Waals surface area contributed by atoms with Gasteiger partial charge >= 0.3 is 0 Å². The molecule has 1 atom stereocenters. The molecule has 0 radical (unpaired) electrons. The zero-order chi connectivity index (χ0) is 13.1. The molecule has 18 heavy (non-hydrogen) atoms. The van der Waals surface area contributed by atoms with Crippen LogP contribution in [0.15, 0.2) is 18.2 Å². The van der Waals surface area contributed by atoms with Gasteiger partial charge in [0.1, 0.15) is 5.82 Å². The zero-order valence-corrected chi connectivity index (χ0v) is 10.4. The van der Waals surface area contributed by atoms with Crippen LogP contribution in [0.5, 0.6) is 0 Å². The molecular weight excluding hydrogens is 233 g/mol. The number of nitrogens with two attached hydrogens (primary N) is 1. The molecule has 1 fully saturated rings. The predicted octanol–water partition coefficient (Wildman–Crippen LogP) is 2.03. The lowest BCUT2D eigenvalue weighted by Crippen LogP contribution is -2.41. The Morgan fingerprint density at radius 2 is 2.22 bits per heavy atom. The number of rotatable bonds is 4. The summed E-state index contributed by atoms with van der Waals surface area (Å²) < 4.78 is 13.5. The van der Waals surface area contributed by atoms with E-state index in [4.69, 9.17) is 5.84 Å². The molecule has 0 aliphatic heterocycles. The van der Waals surface area contributed by atoms with Crippen LogP contribution in [0.25, 0.3) is 0 Å². The number of hydrogen-bond acceptors (Lipinski definition) is 3. The van der Waals surface area contributed by atoms with Gasteiger partial charge in [0.2, 0.25) is 0 Å². The van der Waals surface area contributed by atoms with Crippen LogP contribution in [-0.2, 0) is 0 Å². The maximum absolute atomic E-state index is 13.5. The number of carbonyl (C=O) groups excluding carboxylic acids is 1. The molecule has 0 bridgehead atoms. The van der Waals surface area contributed by atoms with E-state index < -0.39 is 5.82 Å². The number of anilines is 1. The van der Waals surface area contributed by atoms with Crippen LogP contribution in [-0.4, -0.2) is 11.9 Å². The van der Waals surface area contributed by atoms with Gasteiger partial charge in [0, 0.05) is 6.04 Å². The molecule has 4 N–H and O–H groups in total. The van der Waals surface area contributed by atoms with E-state index in [9.17, 15) is 9.18 Å². The Bertz CT molecular complexity index is 446. The first kappa shape index (κ1) is 12.8. The minimum atomic E-state index is -0.526. The minimum Gasteiger partial charge on any atom is -0.349 e. The molecular formula is C13H18FN3O. The Kier molecular flexibility index (Phi) is 3.81. The molecule has 1 saturated carbocycles. The summed E-state index contributed by atoms with van der Waals surface area (Å²) >= 11 is 0. The summed E-state index contributed by atoms with van der Waals surface area (Å²) in [6, 6.07) is 4.43. The highest BCUT2D eigenvalue weighted by Gasteiger charge is 2.26. The highest BCUT2D eigenvalue weighted by Crippen LogP contribution is 2.29. The molecule has 98 valence electrons. The third-order valence-electron chi connectivity index (χ3n) is 3.62. The second kappa shape index (κ2) is 5.35. The molecule has 1 aromatic carbocycles. The number of nitrogen functional groups attached to an aromatic ring is 1. The van der Waals surface area contributed by atoms with Crippen molar-refractivity contribution in [2.45, 2.75) is 32.2 Å². The molecule has 4 nitrogen and oxygen atoms in total. The van der Waals surface area contributed by atoms with Gasteiger partial charge in [0.05, 0.1) is 11.3 Å². The first-order valence-corrected chi connectivity index (χ1v) is 6.19. The van der Waals surface area contributed by atoms with Gasteiger partial charge in [-0.15, -0.1) is 0 Å². The van der Waals surface area contributed by atoms with Crippen molar-refractivity contribution < 1.29 is 9.18 Å². The molecule has 1 aliphatic rings. The molecule has 1 aromatic rings. The van der Waals surface area contributed by atoms with Crippen molar-refractivity contribution in [1.82, 2.24) is 5.32 Å². The molecule has 0 saturated heterocycles. The maximum Gasteiger partial charge on any atom is 0.253 e. The van der Waals surface area contributed by atoms with E-state index in [1.807, 2.05) is 6.92 Å². The van der Waals surface area contributed by atoms with E-state index in [2.05, 4.69) is 10.7 Å². The Morgan fingerprint density at radius 3 is 2.78 bits per heavy atom. The quantitative estimate of drug-likeness (QED) is 0.566. The van der Waals surface area contributed by atoms with Crippen molar-refractivity contribution >= 4 is 11.6 Å². The second-order valence-corrected chi connectivity index (χ2v) is 4.76. The lowest BCUT2D eigenvalue weighted by Gasteiger charge is -2.32. The van der Waals surface area contributed by atoms with Crippen molar-refractivity contribution in [2.75, 3.05) is 5.43 Å². The van der Waals surface area contributed by atoms with Crippen LogP contribution in [0.4, 0.5) is 10.1 Å². The largest absolute Gasteiger partial charge is 0.349 e. The van der Waals surface area contributed by atoms with Gasteiger partial charge in [-0.3, -0.25) is 10.6 Å². The first-order valence-electron chi connectivity index (χ1n) is 6.19. The van der Waals surface area contributed by atoms with Crippen molar-refractivity contribution in [3.8, 4) is 0 Å². The van der Waals surface area contributed by atoms with Gasteiger partial charge in [-0.25, -0.2) is 4.39 Å². The van der Waals surface area contributed by atoms with Crippen LogP contribution < -0.4 is 16.6 Å². The van der Waals surface area contributed by atoms with E-state index >= 15 is 0 Å². The number of hydrazine groups is 1. The van der Waals surface area contributed by atoms with Crippen LogP contribution in [0.1, 0.15) is 36.5 Å². The van der Waals surface area contributed by atoms with Gasteiger partial charge in [-0.1, -0.05) is 12.5 Å². The number of hydrogen-bond donors (Lipinski definition) is 3. The molecule has 0 aromatic heterocycles. The Morgan fingerprint density at radius 1 is 1.50 bits per heavy atom. The van der Waals surface area contributed by atoms with Gasteiger partial charge < -0.3 is 10.7 Å². The molecule has 0 heterocycles. The van der Waals surface area contributed by atoms with Crippen LogP contribution in [0.3, 0.4) is 0 Å². The van der Waals surface area contributed by atoms with E-state index in [-0.39, 0.29) is 23.2 Å². The summed E-state index contributed by atoms with van der Waals surface area (Å²) in [5, 5.41) is 2.90. The predicted molar refractivity (Wildman–Crippen MR) is 68.5 cm³/mol. The van der Waals surface area contributed by atoms with Crippen molar-refractivity contribution in [2.24, 2.45) is 11.8 Å². The van der Waals surface area contributed by atoms with E-state index in [0.29, 0.717) is 5.92 Å². The summed E-state index contributed by atoms with van der Waals surface area (Å²) in [5.74, 6) is 4.97. The van der Waals surface area contributed by atoms with Crippen LogP contribution in [0.2, 0.25) is 0 Å². The fourth-order valence-electron chi connectivity index (χ4n) is 2.20. The molecule has 2 rings (SSSR count). The molecule has 0 spiro atoms. The zero-order valence-electron chi connectivity index (χ0n) is 10.4. The number of benzene rings is 1. The van der Waals surface area contributed by atoms with E-state index in [1.54, 1.807) is 6.07 Å². The minimum absolute atomic E-state index is 0.0378. The number of nitrogens with one attached hydrogen (secondary N) is 2. The van der Waals surface area contributed by atoms with E-state index in [1.165, 1.54) is 18.6 Å². The summed E-state index contributed by atoms with van der Waals surface area (Å²) in [7, 11) is 0. The third-order valence-corrected chi connectivity index (χ3v) is 3.62. The lowest BCUT2D eigenvalue weighted by molar-refractivity contribution is 0.0909. The van der Waals surface area contributed by atoms with Gasteiger partial charge in [0.15, 0.2) is 0 Å². The highest BCUT2D eigenvalue weighted by atomic mass is 19.1. The maximum atomic E-state index is 13.5. The standard InChI is InChI=1S/C13H18FN3O/c1-8(9-4-2-5-9)16-13(18)10-6-3-7-11(14)12(10)17-15/h3,6-9,17H,2,4-5,15H2,1H3,(H,16,18). The first-order chi connectivity index (χ1) is 8.63. The lowest BCUT2D eigenvalue weighted by atomic mass is 9.80. The van der Waals surface area contributed by atoms with E-state index in [0.717, 1.165) is 12.8 Å². The number of carbonyl (C=O) groups is 1. The van der Waals surface area contributed by atoms with Gasteiger partial charge in [-0.05, 0) is 37.8 Å². The monoisotopic (exact) mass is 251 g/mol. The SMILES string of the molecule is CC(NC(=O)c1cccc(F)c1NN)C1CCC1. The van der Waals surface area contributed by atoms with Gasteiger partial charge in [-0.2, -0.15) is 0 Å². The summed E-state index contributed by atoms with van der Waals surface area (Å²) in [5.41, 5.74) is 2.52. The van der Waals surface area contributed by atoms with Crippen LogP contribution in [0, 0.1) is 11.7 Å². The highest BCUT2D eigenvalue weighted by molar-refractivity contribution is 5.99. The fourth-order valence-corrected chi connectivity index (χ4v) is 2.20. The smallest absolute Gasteiger partial charge is 0.253 e. The molecule has 1 aliphatic carbocycles. The normalized spacial score (nSPS) is 16.8. The average molecular weight is 251 g/mol. The van der Waals surface area contributed by atoms with Crippen molar-refractivity contribution in [1.29, 1.82) is 0 Å². The number of amides is 1. The average Bonchev–Trinajstić information content (AvgIpc) is 2.25. The number of para-hydroxylation sites is 1. The Hall–Kier alpha value is -1.62. The molecule has 1 unspecified atom stereocenters. The summed E-state index contributed by atoms with van der Waals surface area (Å²) in [4.78, 5) is 12.1. The fraction of sp³-hybridized carbons (Fsp3) is 0.462.